The minimum Gasteiger partial charge on any atom is -0.374 e. The predicted molar refractivity (Wildman–Crippen MR) is 113 cm³/mol. The molecular formula is C21H32N6. The third-order valence-electron chi connectivity index (χ3n) is 5.12. The molecule has 2 aromatic rings. The van der Waals surface area contributed by atoms with Gasteiger partial charge in [0.05, 0.1) is 5.69 Å². The Morgan fingerprint density at radius 2 is 2.07 bits per heavy atom. The van der Waals surface area contributed by atoms with Crippen LogP contribution in [0.1, 0.15) is 35.4 Å². The monoisotopic (exact) mass is 368 g/mol. The van der Waals surface area contributed by atoms with Gasteiger partial charge < -0.3 is 15.5 Å². The third kappa shape index (κ3) is 5.02. The van der Waals surface area contributed by atoms with E-state index < -0.39 is 0 Å². The average molecular weight is 369 g/mol. The standard InChI is InChI=1S/C21H32N6/c1-16-13-17(2)27(25-16)12-6-10-23-21(22-3)24-15-18-8-9-20-19(14-18)7-5-11-26(20)4/h8-9,13-14H,5-7,10-12,15H2,1-4H3,(H2,22,23,24). The summed E-state index contributed by atoms with van der Waals surface area (Å²) in [6.07, 6.45) is 3.42. The molecule has 146 valence electrons. The number of rotatable bonds is 6. The fourth-order valence-electron chi connectivity index (χ4n) is 3.69. The van der Waals surface area contributed by atoms with Gasteiger partial charge in [-0.15, -0.1) is 0 Å². The van der Waals surface area contributed by atoms with Gasteiger partial charge in [0.15, 0.2) is 5.96 Å². The number of aliphatic imine (C=N–C) groups is 1. The lowest BCUT2D eigenvalue weighted by Gasteiger charge is -2.28. The van der Waals surface area contributed by atoms with Gasteiger partial charge in [-0.2, -0.15) is 5.10 Å². The second-order valence-electron chi connectivity index (χ2n) is 7.34. The first kappa shape index (κ1) is 19.3. The minimum absolute atomic E-state index is 0.786. The summed E-state index contributed by atoms with van der Waals surface area (Å²) in [6.45, 7) is 7.86. The fourth-order valence-corrected chi connectivity index (χ4v) is 3.69. The Bertz CT molecular complexity index is 792. The number of anilines is 1. The van der Waals surface area contributed by atoms with Crippen molar-refractivity contribution in [3.05, 3.63) is 46.8 Å². The zero-order valence-corrected chi connectivity index (χ0v) is 17.0. The molecule has 1 aromatic carbocycles. The first-order valence-electron chi connectivity index (χ1n) is 9.85. The molecular weight excluding hydrogens is 336 g/mol. The number of nitrogens with one attached hydrogen (secondary N) is 2. The van der Waals surface area contributed by atoms with Crippen LogP contribution in [-0.2, 0) is 19.5 Å². The molecule has 0 saturated heterocycles. The van der Waals surface area contributed by atoms with Gasteiger partial charge in [0.2, 0.25) is 0 Å². The van der Waals surface area contributed by atoms with E-state index in [-0.39, 0.29) is 0 Å². The van der Waals surface area contributed by atoms with E-state index >= 15 is 0 Å². The third-order valence-corrected chi connectivity index (χ3v) is 5.12. The number of aryl methyl sites for hydroxylation is 4. The first-order chi connectivity index (χ1) is 13.1. The van der Waals surface area contributed by atoms with Crippen molar-refractivity contribution in [2.45, 2.75) is 46.2 Å². The van der Waals surface area contributed by atoms with E-state index in [9.17, 15) is 0 Å². The van der Waals surface area contributed by atoms with Crippen molar-refractivity contribution in [1.29, 1.82) is 0 Å². The van der Waals surface area contributed by atoms with E-state index in [1.54, 1.807) is 0 Å². The lowest BCUT2D eigenvalue weighted by atomic mass is 9.99. The van der Waals surface area contributed by atoms with E-state index in [1.807, 2.05) is 14.0 Å². The van der Waals surface area contributed by atoms with Gasteiger partial charge in [-0.25, -0.2) is 0 Å². The number of benzene rings is 1. The molecule has 1 aliphatic heterocycles. The number of guanidine groups is 1. The van der Waals surface area contributed by atoms with E-state index in [2.05, 4.69) is 68.5 Å². The molecule has 1 aliphatic rings. The summed E-state index contributed by atoms with van der Waals surface area (Å²) in [7, 11) is 3.99. The highest BCUT2D eigenvalue weighted by Crippen LogP contribution is 2.26. The summed E-state index contributed by atoms with van der Waals surface area (Å²) >= 11 is 0. The summed E-state index contributed by atoms with van der Waals surface area (Å²) in [5.74, 6) is 0.846. The maximum atomic E-state index is 4.50. The molecule has 0 fully saturated rings. The van der Waals surface area contributed by atoms with Gasteiger partial charge in [-0.3, -0.25) is 9.67 Å². The van der Waals surface area contributed by atoms with Crippen LogP contribution in [0.4, 0.5) is 5.69 Å². The lowest BCUT2D eigenvalue weighted by Crippen LogP contribution is -2.37. The Morgan fingerprint density at radius 1 is 1.22 bits per heavy atom. The Kier molecular flexibility index (Phi) is 6.37. The van der Waals surface area contributed by atoms with Crippen molar-refractivity contribution in [2.75, 3.05) is 32.1 Å². The molecule has 0 saturated carbocycles. The molecule has 3 rings (SSSR count). The predicted octanol–water partition coefficient (Wildman–Crippen LogP) is 2.64. The largest absolute Gasteiger partial charge is 0.374 e. The maximum Gasteiger partial charge on any atom is 0.191 e. The zero-order chi connectivity index (χ0) is 19.2. The second kappa shape index (κ2) is 8.93. The van der Waals surface area contributed by atoms with Crippen molar-refractivity contribution in [3.63, 3.8) is 0 Å². The van der Waals surface area contributed by atoms with Crippen LogP contribution in [0.5, 0.6) is 0 Å². The van der Waals surface area contributed by atoms with Crippen LogP contribution >= 0.6 is 0 Å². The van der Waals surface area contributed by atoms with E-state index in [0.29, 0.717) is 0 Å². The van der Waals surface area contributed by atoms with E-state index in [4.69, 9.17) is 0 Å². The van der Waals surface area contributed by atoms with Gasteiger partial charge in [0.1, 0.15) is 0 Å². The van der Waals surface area contributed by atoms with Crippen LogP contribution in [0.15, 0.2) is 29.3 Å². The van der Waals surface area contributed by atoms with Gasteiger partial charge in [0, 0.05) is 51.7 Å². The van der Waals surface area contributed by atoms with Crippen LogP contribution in [0.2, 0.25) is 0 Å². The summed E-state index contributed by atoms with van der Waals surface area (Å²) in [5.41, 5.74) is 6.42. The number of hydrogen-bond donors (Lipinski definition) is 2. The molecule has 0 radical (unpaired) electrons. The van der Waals surface area contributed by atoms with Crippen LogP contribution in [-0.4, -0.2) is 42.9 Å². The minimum atomic E-state index is 0.786. The SMILES string of the molecule is CN=C(NCCCn1nc(C)cc1C)NCc1ccc2c(c1)CCCN2C. The van der Waals surface area contributed by atoms with Crippen LogP contribution in [0.3, 0.4) is 0 Å². The molecule has 27 heavy (non-hydrogen) atoms. The van der Waals surface area contributed by atoms with E-state index in [0.717, 1.165) is 44.3 Å². The highest BCUT2D eigenvalue weighted by molar-refractivity contribution is 5.79. The number of hydrogen-bond acceptors (Lipinski definition) is 3. The zero-order valence-electron chi connectivity index (χ0n) is 17.0. The van der Waals surface area contributed by atoms with Crippen LogP contribution in [0, 0.1) is 13.8 Å². The number of nitrogens with zero attached hydrogens (tertiary/aromatic N) is 4. The Balaban J connectivity index is 1.44. The molecule has 2 N–H and O–H groups in total. The Labute approximate surface area is 162 Å². The Hall–Kier alpha value is -2.50. The second-order valence-corrected chi connectivity index (χ2v) is 7.34. The van der Waals surface area contributed by atoms with Crippen molar-refractivity contribution in [3.8, 4) is 0 Å². The summed E-state index contributed by atoms with van der Waals surface area (Å²) in [5, 5.41) is 11.3. The highest BCUT2D eigenvalue weighted by atomic mass is 15.3. The molecule has 0 atom stereocenters. The van der Waals surface area contributed by atoms with Crippen molar-refractivity contribution in [2.24, 2.45) is 4.99 Å². The van der Waals surface area contributed by atoms with Gasteiger partial charge in [0.25, 0.3) is 0 Å². The summed E-state index contributed by atoms with van der Waals surface area (Å²) < 4.78 is 2.07. The number of fused-ring (bicyclic) bond motifs is 1. The quantitative estimate of drug-likeness (QED) is 0.468. The van der Waals surface area contributed by atoms with Gasteiger partial charge in [-0.1, -0.05) is 12.1 Å². The summed E-state index contributed by atoms with van der Waals surface area (Å²) in [4.78, 5) is 6.68. The fraction of sp³-hybridized carbons (Fsp3) is 0.524. The normalized spacial score (nSPS) is 14.2. The Morgan fingerprint density at radius 3 is 2.81 bits per heavy atom. The smallest absolute Gasteiger partial charge is 0.191 e. The molecule has 6 nitrogen and oxygen atoms in total. The van der Waals surface area contributed by atoms with Crippen LogP contribution in [0.25, 0.3) is 0 Å². The topological polar surface area (TPSA) is 57.5 Å². The van der Waals surface area contributed by atoms with Gasteiger partial charge >= 0.3 is 0 Å². The highest BCUT2D eigenvalue weighted by Gasteiger charge is 2.13. The molecule has 0 bridgehead atoms. The molecule has 0 aliphatic carbocycles. The molecule has 0 spiro atoms. The molecule has 6 heteroatoms. The summed E-state index contributed by atoms with van der Waals surface area (Å²) in [6, 6.07) is 8.90. The van der Waals surface area contributed by atoms with Crippen LogP contribution < -0.4 is 15.5 Å². The van der Waals surface area contributed by atoms with Crippen molar-refractivity contribution < 1.29 is 0 Å². The maximum absolute atomic E-state index is 4.50. The first-order valence-corrected chi connectivity index (χ1v) is 9.85. The molecule has 0 amide bonds. The molecule has 1 aromatic heterocycles. The lowest BCUT2D eigenvalue weighted by molar-refractivity contribution is 0.555. The number of aromatic nitrogens is 2. The molecule has 2 heterocycles. The van der Waals surface area contributed by atoms with Crippen molar-refractivity contribution in [1.82, 2.24) is 20.4 Å². The van der Waals surface area contributed by atoms with Crippen molar-refractivity contribution >= 4 is 11.6 Å². The average Bonchev–Trinajstić information content (AvgIpc) is 2.98. The van der Waals surface area contributed by atoms with E-state index in [1.165, 1.54) is 35.3 Å². The molecule has 0 unspecified atom stereocenters. The van der Waals surface area contributed by atoms with Gasteiger partial charge in [-0.05, 0) is 56.4 Å².